The zero-order chi connectivity index (χ0) is 15.4. The smallest absolute Gasteiger partial charge is 0.329 e. The molecule has 1 aromatic carbocycles. The van der Waals surface area contributed by atoms with Gasteiger partial charge in [0.15, 0.2) is 0 Å². The van der Waals surface area contributed by atoms with E-state index in [1.165, 1.54) is 0 Å². The van der Waals surface area contributed by atoms with Gasteiger partial charge in [-0.2, -0.15) is 0 Å². The van der Waals surface area contributed by atoms with Gasteiger partial charge in [-0.25, -0.2) is 4.79 Å². The second-order valence-electron chi connectivity index (χ2n) is 5.44. The maximum atomic E-state index is 12.3. The Bertz CT molecular complexity index is 522. The summed E-state index contributed by atoms with van der Waals surface area (Å²) in [5.74, 6) is -1.30. The second-order valence-corrected chi connectivity index (χ2v) is 5.44. The number of benzene rings is 1. The van der Waals surface area contributed by atoms with Gasteiger partial charge in [0.05, 0.1) is 0 Å². The molecule has 1 atom stereocenters. The molecule has 1 heterocycles. The maximum absolute atomic E-state index is 12.3. The molecular formula is C16H19NO4. The first kappa shape index (κ1) is 15.2. The molecule has 0 N–H and O–H groups in total. The first-order valence-electron chi connectivity index (χ1n) is 7.06. The van der Waals surface area contributed by atoms with Crippen LogP contribution in [0.5, 0.6) is 0 Å². The minimum Gasteiger partial charge on any atom is -0.459 e. The fourth-order valence-corrected chi connectivity index (χ4v) is 2.39. The van der Waals surface area contributed by atoms with Crippen LogP contribution in [0, 0.1) is 5.92 Å². The first-order valence-corrected chi connectivity index (χ1v) is 7.06. The van der Waals surface area contributed by atoms with Crippen molar-refractivity contribution in [3.8, 4) is 0 Å². The van der Waals surface area contributed by atoms with Crippen molar-refractivity contribution >= 4 is 17.8 Å². The van der Waals surface area contributed by atoms with E-state index in [2.05, 4.69) is 0 Å². The summed E-state index contributed by atoms with van der Waals surface area (Å²) in [4.78, 5) is 36.9. The zero-order valence-electron chi connectivity index (χ0n) is 12.2. The summed E-state index contributed by atoms with van der Waals surface area (Å²) in [6.45, 7) is 3.74. The minimum absolute atomic E-state index is 0.138. The fraction of sp³-hybridized carbons (Fsp3) is 0.438. The third kappa shape index (κ3) is 3.48. The van der Waals surface area contributed by atoms with Gasteiger partial charge < -0.3 is 4.74 Å². The molecule has 5 nitrogen and oxygen atoms in total. The highest BCUT2D eigenvalue weighted by Gasteiger charge is 2.41. The Morgan fingerprint density at radius 3 is 2.24 bits per heavy atom. The van der Waals surface area contributed by atoms with Gasteiger partial charge in [-0.3, -0.25) is 14.5 Å². The SMILES string of the molecule is CC(C)[C@@H](C(=O)OCc1ccccc1)N1C(=O)CCC1=O. The summed E-state index contributed by atoms with van der Waals surface area (Å²) in [6.07, 6.45) is 0.349. The number of nitrogens with zero attached hydrogens (tertiary/aromatic N) is 1. The Morgan fingerprint density at radius 1 is 1.14 bits per heavy atom. The Morgan fingerprint density at radius 2 is 1.71 bits per heavy atom. The average Bonchev–Trinajstić information content (AvgIpc) is 2.78. The molecule has 112 valence electrons. The second kappa shape index (κ2) is 6.52. The van der Waals surface area contributed by atoms with Crippen molar-refractivity contribution in [2.75, 3.05) is 0 Å². The van der Waals surface area contributed by atoms with Crippen LogP contribution in [0.3, 0.4) is 0 Å². The van der Waals surface area contributed by atoms with Crippen molar-refractivity contribution in [2.24, 2.45) is 5.92 Å². The van der Waals surface area contributed by atoms with Gasteiger partial charge in [0.25, 0.3) is 0 Å². The number of ether oxygens (including phenoxy) is 1. The summed E-state index contributed by atoms with van der Waals surface area (Å²) < 4.78 is 5.28. The first-order chi connectivity index (χ1) is 10.0. The lowest BCUT2D eigenvalue weighted by Gasteiger charge is -2.27. The van der Waals surface area contributed by atoms with Crippen LogP contribution in [0.4, 0.5) is 0 Å². The summed E-state index contributed by atoms with van der Waals surface area (Å²) in [6, 6.07) is 8.46. The lowest BCUT2D eigenvalue weighted by Crippen LogP contribution is -2.48. The number of esters is 1. The van der Waals surface area contributed by atoms with Crippen molar-refractivity contribution in [2.45, 2.75) is 39.3 Å². The normalized spacial score (nSPS) is 16.4. The molecule has 1 aliphatic rings. The van der Waals surface area contributed by atoms with Gasteiger partial charge >= 0.3 is 5.97 Å². The van der Waals surface area contributed by atoms with Gasteiger partial charge in [-0.1, -0.05) is 44.2 Å². The summed E-state index contributed by atoms with van der Waals surface area (Å²) in [5.41, 5.74) is 0.868. The summed E-state index contributed by atoms with van der Waals surface area (Å²) in [5, 5.41) is 0. The number of carbonyl (C=O) groups is 3. The Balaban J connectivity index is 2.06. The van der Waals surface area contributed by atoms with Gasteiger partial charge in [0, 0.05) is 12.8 Å². The van der Waals surface area contributed by atoms with E-state index in [4.69, 9.17) is 4.74 Å². The van der Waals surface area contributed by atoms with E-state index in [0.717, 1.165) is 10.5 Å². The van der Waals surface area contributed by atoms with Crippen LogP contribution >= 0.6 is 0 Å². The highest BCUT2D eigenvalue weighted by atomic mass is 16.5. The van der Waals surface area contributed by atoms with E-state index in [0.29, 0.717) is 0 Å². The largest absolute Gasteiger partial charge is 0.459 e. The quantitative estimate of drug-likeness (QED) is 0.613. The van der Waals surface area contributed by atoms with E-state index in [1.54, 1.807) is 13.8 Å². The van der Waals surface area contributed by atoms with Crippen molar-refractivity contribution in [3.63, 3.8) is 0 Å². The lowest BCUT2D eigenvalue weighted by molar-refractivity contribution is -0.161. The number of amides is 2. The molecular weight excluding hydrogens is 270 g/mol. The monoisotopic (exact) mass is 289 g/mol. The molecule has 5 heteroatoms. The van der Waals surface area contributed by atoms with Gasteiger partial charge in [0.2, 0.25) is 11.8 Å². The summed E-state index contributed by atoms with van der Waals surface area (Å²) >= 11 is 0. The van der Waals surface area contributed by atoms with Crippen LogP contribution in [0.15, 0.2) is 30.3 Å². The Labute approximate surface area is 123 Å². The molecule has 2 rings (SSSR count). The molecule has 1 aromatic rings. The molecule has 21 heavy (non-hydrogen) atoms. The molecule has 0 unspecified atom stereocenters. The predicted molar refractivity (Wildman–Crippen MR) is 76.0 cm³/mol. The van der Waals surface area contributed by atoms with E-state index in [9.17, 15) is 14.4 Å². The van der Waals surface area contributed by atoms with Crippen LogP contribution in [0.2, 0.25) is 0 Å². The van der Waals surface area contributed by atoms with Crippen LogP contribution in [-0.2, 0) is 25.7 Å². The van der Waals surface area contributed by atoms with E-state index < -0.39 is 12.0 Å². The molecule has 0 saturated carbocycles. The standard InChI is InChI=1S/C16H19NO4/c1-11(2)15(17-13(18)8-9-14(17)19)16(20)21-10-12-6-4-3-5-7-12/h3-7,11,15H,8-10H2,1-2H3/t15-/m0/s1. The lowest BCUT2D eigenvalue weighted by atomic mass is 10.0. The molecule has 0 bridgehead atoms. The highest BCUT2D eigenvalue weighted by molar-refractivity contribution is 6.05. The number of rotatable bonds is 5. The zero-order valence-corrected chi connectivity index (χ0v) is 12.2. The molecule has 0 radical (unpaired) electrons. The predicted octanol–water partition coefficient (Wildman–Crippen LogP) is 1.90. The number of hydrogen-bond acceptors (Lipinski definition) is 4. The third-order valence-corrected chi connectivity index (χ3v) is 3.47. The van der Waals surface area contributed by atoms with E-state index in [-0.39, 0.29) is 37.2 Å². The van der Waals surface area contributed by atoms with Crippen LogP contribution in [0.25, 0.3) is 0 Å². The van der Waals surface area contributed by atoms with Crippen molar-refractivity contribution in [1.29, 1.82) is 0 Å². The van der Waals surface area contributed by atoms with Gasteiger partial charge in [-0.15, -0.1) is 0 Å². The molecule has 1 fully saturated rings. The van der Waals surface area contributed by atoms with Gasteiger partial charge in [0.1, 0.15) is 12.6 Å². The average molecular weight is 289 g/mol. The fourth-order valence-electron chi connectivity index (χ4n) is 2.39. The third-order valence-electron chi connectivity index (χ3n) is 3.47. The van der Waals surface area contributed by atoms with E-state index >= 15 is 0 Å². The highest BCUT2D eigenvalue weighted by Crippen LogP contribution is 2.21. The van der Waals surface area contributed by atoms with Crippen LogP contribution in [0.1, 0.15) is 32.3 Å². The van der Waals surface area contributed by atoms with Gasteiger partial charge in [-0.05, 0) is 11.5 Å². The molecule has 1 saturated heterocycles. The molecule has 2 amide bonds. The number of carbonyl (C=O) groups excluding carboxylic acids is 3. The summed E-state index contributed by atoms with van der Waals surface area (Å²) in [7, 11) is 0. The Kier molecular flexibility index (Phi) is 4.73. The number of imide groups is 1. The topological polar surface area (TPSA) is 63.7 Å². The van der Waals surface area contributed by atoms with Crippen LogP contribution in [-0.4, -0.2) is 28.7 Å². The molecule has 0 aromatic heterocycles. The molecule has 1 aliphatic heterocycles. The van der Waals surface area contributed by atoms with Crippen molar-refractivity contribution in [1.82, 2.24) is 4.90 Å². The van der Waals surface area contributed by atoms with Crippen LogP contribution < -0.4 is 0 Å². The number of likely N-dealkylation sites (tertiary alicyclic amines) is 1. The maximum Gasteiger partial charge on any atom is 0.329 e. The van der Waals surface area contributed by atoms with E-state index in [1.807, 2.05) is 30.3 Å². The minimum atomic E-state index is -0.837. The molecule has 0 spiro atoms. The van der Waals surface area contributed by atoms with Crippen molar-refractivity contribution in [3.05, 3.63) is 35.9 Å². The number of hydrogen-bond donors (Lipinski definition) is 0. The van der Waals surface area contributed by atoms with Crippen molar-refractivity contribution < 1.29 is 19.1 Å². The molecule has 0 aliphatic carbocycles. The Hall–Kier alpha value is -2.17.